The Morgan fingerprint density at radius 2 is 2.23 bits per heavy atom. The first-order chi connectivity index (χ1) is 6.22. The van der Waals surface area contributed by atoms with E-state index in [9.17, 15) is 0 Å². The molecular formula is C11H15BrO. The van der Waals surface area contributed by atoms with Gasteiger partial charge in [-0.1, -0.05) is 35.0 Å². The average Bonchev–Trinajstić information content (AvgIpc) is 2.14. The summed E-state index contributed by atoms with van der Waals surface area (Å²) in [5.41, 5.74) is 1.22. The van der Waals surface area contributed by atoms with E-state index in [0.29, 0.717) is 12.7 Å². The molecule has 0 spiro atoms. The maximum absolute atomic E-state index is 5.61. The molecular weight excluding hydrogens is 228 g/mol. The fraction of sp³-hybridized carbons (Fsp3) is 0.455. The highest BCUT2D eigenvalue weighted by Gasteiger charge is 1.99. The van der Waals surface area contributed by atoms with E-state index in [0.717, 1.165) is 10.9 Å². The van der Waals surface area contributed by atoms with E-state index in [4.69, 9.17) is 4.74 Å². The summed E-state index contributed by atoms with van der Waals surface area (Å²) in [5, 5.41) is 0. The van der Waals surface area contributed by atoms with Crippen LogP contribution < -0.4 is 0 Å². The predicted molar refractivity (Wildman–Crippen MR) is 58.7 cm³/mol. The highest BCUT2D eigenvalue weighted by atomic mass is 79.9. The van der Waals surface area contributed by atoms with Gasteiger partial charge in [-0.05, 0) is 31.0 Å². The minimum Gasteiger partial charge on any atom is -0.374 e. The molecule has 0 aliphatic rings. The minimum atomic E-state index is 0.346. The van der Waals surface area contributed by atoms with Crippen molar-refractivity contribution in [2.24, 2.45) is 0 Å². The topological polar surface area (TPSA) is 9.23 Å². The summed E-state index contributed by atoms with van der Waals surface area (Å²) in [6.45, 7) is 4.93. The van der Waals surface area contributed by atoms with Crippen molar-refractivity contribution in [1.82, 2.24) is 0 Å². The van der Waals surface area contributed by atoms with E-state index in [-0.39, 0.29) is 0 Å². The van der Waals surface area contributed by atoms with E-state index >= 15 is 0 Å². The molecule has 1 aromatic carbocycles. The van der Waals surface area contributed by atoms with Gasteiger partial charge in [-0.2, -0.15) is 0 Å². The second-order valence-electron chi connectivity index (χ2n) is 3.16. The molecule has 0 N–H and O–H groups in total. The van der Waals surface area contributed by atoms with Crippen LogP contribution in [-0.4, -0.2) is 6.10 Å². The van der Waals surface area contributed by atoms with E-state index in [2.05, 4.69) is 41.9 Å². The molecule has 0 heterocycles. The molecule has 1 aromatic rings. The average molecular weight is 243 g/mol. The first-order valence-corrected chi connectivity index (χ1v) is 5.37. The SMILES string of the molecule is CCC(C)OCc1cccc(Br)c1. The second kappa shape index (κ2) is 5.40. The van der Waals surface area contributed by atoms with Crippen LogP contribution in [0.15, 0.2) is 28.7 Å². The first kappa shape index (κ1) is 10.7. The van der Waals surface area contributed by atoms with Gasteiger partial charge in [-0.25, -0.2) is 0 Å². The Balaban J connectivity index is 2.45. The van der Waals surface area contributed by atoms with Crippen molar-refractivity contribution in [2.75, 3.05) is 0 Å². The van der Waals surface area contributed by atoms with E-state index in [1.165, 1.54) is 5.56 Å². The third kappa shape index (κ3) is 3.92. The maximum Gasteiger partial charge on any atom is 0.0720 e. The monoisotopic (exact) mass is 242 g/mol. The van der Waals surface area contributed by atoms with Crippen LogP contribution in [0.5, 0.6) is 0 Å². The molecule has 0 bridgehead atoms. The Labute approximate surface area is 88.2 Å². The maximum atomic E-state index is 5.61. The van der Waals surface area contributed by atoms with Crippen molar-refractivity contribution >= 4 is 15.9 Å². The number of hydrogen-bond acceptors (Lipinski definition) is 1. The van der Waals surface area contributed by atoms with Gasteiger partial charge in [0, 0.05) is 4.47 Å². The van der Waals surface area contributed by atoms with Crippen molar-refractivity contribution in [3.05, 3.63) is 34.3 Å². The number of hydrogen-bond donors (Lipinski definition) is 0. The molecule has 1 unspecified atom stereocenters. The molecule has 1 nitrogen and oxygen atoms in total. The van der Waals surface area contributed by atoms with Crippen LogP contribution in [0, 0.1) is 0 Å². The van der Waals surface area contributed by atoms with Gasteiger partial charge in [-0.15, -0.1) is 0 Å². The zero-order chi connectivity index (χ0) is 9.68. The Hall–Kier alpha value is -0.340. The lowest BCUT2D eigenvalue weighted by Crippen LogP contribution is -2.05. The molecule has 2 heteroatoms. The van der Waals surface area contributed by atoms with Gasteiger partial charge >= 0.3 is 0 Å². The molecule has 0 saturated carbocycles. The van der Waals surface area contributed by atoms with E-state index in [1.54, 1.807) is 0 Å². The van der Waals surface area contributed by atoms with Gasteiger partial charge in [0.15, 0.2) is 0 Å². The van der Waals surface area contributed by atoms with Crippen LogP contribution in [-0.2, 0) is 11.3 Å². The second-order valence-corrected chi connectivity index (χ2v) is 4.08. The summed E-state index contributed by atoms with van der Waals surface area (Å²) < 4.78 is 6.72. The smallest absolute Gasteiger partial charge is 0.0720 e. The Bertz CT molecular complexity index is 260. The lowest BCUT2D eigenvalue weighted by atomic mass is 10.2. The van der Waals surface area contributed by atoms with E-state index < -0.39 is 0 Å². The van der Waals surface area contributed by atoms with Gasteiger partial charge in [0.2, 0.25) is 0 Å². The van der Waals surface area contributed by atoms with Gasteiger partial charge in [0.25, 0.3) is 0 Å². The summed E-state index contributed by atoms with van der Waals surface area (Å²) in [6.07, 6.45) is 1.41. The third-order valence-electron chi connectivity index (χ3n) is 2.00. The molecule has 1 atom stereocenters. The molecule has 0 aromatic heterocycles. The van der Waals surface area contributed by atoms with Crippen molar-refractivity contribution in [2.45, 2.75) is 33.0 Å². The van der Waals surface area contributed by atoms with Gasteiger partial charge in [0.1, 0.15) is 0 Å². The predicted octanol–water partition coefficient (Wildman–Crippen LogP) is 3.76. The fourth-order valence-electron chi connectivity index (χ4n) is 0.983. The first-order valence-electron chi connectivity index (χ1n) is 4.58. The van der Waals surface area contributed by atoms with Crippen molar-refractivity contribution in [3.63, 3.8) is 0 Å². The lowest BCUT2D eigenvalue weighted by molar-refractivity contribution is 0.0508. The van der Waals surface area contributed by atoms with Crippen molar-refractivity contribution in [1.29, 1.82) is 0 Å². The summed E-state index contributed by atoms with van der Waals surface area (Å²) in [5.74, 6) is 0. The molecule has 0 aliphatic heterocycles. The summed E-state index contributed by atoms with van der Waals surface area (Å²) in [7, 11) is 0. The van der Waals surface area contributed by atoms with Crippen LogP contribution in [0.25, 0.3) is 0 Å². The van der Waals surface area contributed by atoms with Gasteiger partial charge in [-0.3, -0.25) is 0 Å². The normalized spacial score (nSPS) is 12.8. The molecule has 72 valence electrons. The Kier molecular flexibility index (Phi) is 4.46. The number of halogens is 1. The van der Waals surface area contributed by atoms with Gasteiger partial charge < -0.3 is 4.74 Å². The number of rotatable bonds is 4. The van der Waals surface area contributed by atoms with Crippen molar-refractivity contribution in [3.8, 4) is 0 Å². The molecule has 0 saturated heterocycles. The standard InChI is InChI=1S/C11H15BrO/c1-3-9(2)13-8-10-5-4-6-11(12)7-10/h4-7,9H,3,8H2,1-2H3. The zero-order valence-electron chi connectivity index (χ0n) is 8.09. The number of benzene rings is 1. The van der Waals surface area contributed by atoms with Crippen LogP contribution in [0.4, 0.5) is 0 Å². The fourth-order valence-corrected chi connectivity index (χ4v) is 1.43. The van der Waals surface area contributed by atoms with E-state index in [1.807, 2.05) is 12.1 Å². The molecule has 1 rings (SSSR count). The lowest BCUT2D eigenvalue weighted by Gasteiger charge is -2.10. The summed E-state index contributed by atoms with van der Waals surface area (Å²) >= 11 is 3.43. The molecule has 0 aliphatic carbocycles. The molecule has 13 heavy (non-hydrogen) atoms. The Morgan fingerprint density at radius 1 is 1.46 bits per heavy atom. The molecule has 0 radical (unpaired) electrons. The molecule has 0 amide bonds. The largest absolute Gasteiger partial charge is 0.374 e. The quantitative estimate of drug-likeness (QED) is 0.782. The van der Waals surface area contributed by atoms with Crippen LogP contribution in [0.3, 0.4) is 0 Å². The summed E-state index contributed by atoms with van der Waals surface area (Å²) in [4.78, 5) is 0. The highest BCUT2D eigenvalue weighted by Crippen LogP contribution is 2.13. The van der Waals surface area contributed by atoms with Crippen LogP contribution in [0.1, 0.15) is 25.8 Å². The zero-order valence-corrected chi connectivity index (χ0v) is 9.67. The van der Waals surface area contributed by atoms with Gasteiger partial charge in [0.05, 0.1) is 12.7 Å². The number of ether oxygens (including phenoxy) is 1. The third-order valence-corrected chi connectivity index (χ3v) is 2.49. The molecule has 0 fully saturated rings. The van der Waals surface area contributed by atoms with Crippen LogP contribution in [0.2, 0.25) is 0 Å². The van der Waals surface area contributed by atoms with Crippen molar-refractivity contribution < 1.29 is 4.74 Å². The minimum absolute atomic E-state index is 0.346. The highest BCUT2D eigenvalue weighted by molar-refractivity contribution is 9.10. The summed E-state index contributed by atoms with van der Waals surface area (Å²) in [6, 6.07) is 8.21. The Morgan fingerprint density at radius 3 is 2.85 bits per heavy atom. The van der Waals surface area contributed by atoms with Crippen LogP contribution >= 0.6 is 15.9 Å².